The molecular formula is C17H24N6. The second-order valence-electron chi connectivity index (χ2n) is 6.26. The lowest BCUT2D eigenvalue weighted by Crippen LogP contribution is -2.35. The molecule has 1 aliphatic heterocycles. The Kier molecular flexibility index (Phi) is 4.71. The molecule has 23 heavy (non-hydrogen) atoms. The van der Waals surface area contributed by atoms with Crippen LogP contribution in [0.25, 0.3) is 0 Å². The van der Waals surface area contributed by atoms with E-state index in [0.717, 1.165) is 30.5 Å². The van der Waals surface area contributed by atoms with Gasteiger partial charge >= 0.3 is 0 Å². The molecule has 1 aliphatic rings. The highest BCUT2D eigenvalue weighted by Crippen LogP contribution is 2.25. The van der Waals surface area contributed by atoms with Gasteiger partial charge in [-0.05, 0) is 50.9 Å². The van der Waals surface area contributed by atoms with Gasteiger partial charge in [-0.15, -0.1) is 0 Å². The van der Waals surface area contributed by atoms with Crippen LogP contribution in [0.3, 0.4) is 0 Å². The van der Waals surface area contributed by atoms with Crippen molar-refractivity contribution < 1.29 is 0 Å². The fraction of sp³-hybridized carbons (Fsp3) is 0.471. The fourth-order valence-electron chi connectivity index (χ4n) is 2.88. The molecule has 0 amide bonds. The largest absolute Gasteiger partial charge is 0.368 e. The molecule has 0 saturated carbocycles. The second kappa shape index (κ2) is 6.91. The normalized spacial score (nSPS) is 17.8. The molecule has 6 heteroatoms. The number of aromatic nitrogens is 3. The molecule has 0 spiro atoms. The summed E-state index contributed by atoms with van der Waals surface area (Å²) in [5, 5.41) is 3.19. The average molecular weight is 312 g/mol. The predicted molar refractivity (Wildman–Crippen MR) is 92.4 cm³/mol. The maximum absolute atomic E-state index is 5.88. The standard InChI is InChI=1S/C17H24N6/c1-12-8-10-23(11-9-12)13(2)15-20-16(18)22-17(21-15)19-14-6-4-3-5-7-14/h3-7,12-13H,8-11H2,1-2H3,(H3,18,19,20,21,22). The van der Waals surface area contributed by atoms with Crippen molar-refractivity contribution in [2.75, 3.05) is 24.1 Å². The zero-order chi connectivity index (χ0) is 16.2. The van der Waals surface area contributed by atoms with E-state index >= 15 is 0 Å². The SMILES string of the molecule is CC1CCN(C(C)c2nc(N)nc(Nc3ccccc3)n2)CC1. The molecule has 0 aliphatic carbocycles. The van der Waals surface area contributed by atoms with Crippen LogP contribution in [-0.2, 0) is 0 Å². The summed E-state index contributed by atoms with van der Waals surface area (Å²) in [5.41, 5.74) is 6.82. The minimum Gasteiger partial charge on any atom is -0.368 e. The molecule has 1 unspecified atom stereocenters. The number of hydrogen-bond acceptors (Lipinski definition) is 6. The Morgan fingerprint density at radius 2 is 1.83 bits per heavy atom. The molecular weight excluding hydrogens is 288 g/mol. The highest BCUT2D eigenvalue weighted by molar-refractivity contribution is 5.53. The number of nitrogen functional groups attached to an aromatic ring is 1. The van der Waals surface area contributed by atoms with Gasteiger partial charge in [-0.1, -0.05) is 25.1 Å². The molecule has 122 valence electrons. The molecule has 2 aromatic rings. The third-order valence-electron chi connectivity index (χ3n) is 4.44. The van der Waals surface area contributed by atoms with Crippen LogP contribution in [0.1, 0.15) is 38.6 Å². The number of nitrogens with zero attached hydrogens (tertiary/aromatic N) is 4. The van der Waals surface area contributed by atoms with Gasteiger partial charge in [0.15, 0.2) is 5.82 Å². The third-order valence-corrected chi connectivity index (χ3v) is 4.44. The summed E-state index contributed by atoms with van der Waals surface area (Å²) in [6.07, 6.45) is 2.44. The summed E-state index contributed by atoms with van der Waals surface area (Å²) < 4.78 is 0. The summed E-state index contributed by atoms with van der Waals surface area (Å²) in [5.74, 6) is 2.28. The summed E-state index contributed by atoms with van der Waals surface area (Å²) >= 11 is 0. The van der Waals surface area contributed by atoms with Crippen molar-refractivity contribution in [3.8, 4) is 0 Å². The zero-order valence-electron chi connectivity index (χ0n) is 13.7. The fourth-order valence-corrected chi connectivity index (χ4v) is 2.88. The van der Waals surface area contributed by atoms with E-state index in [0.29, 0.717) is 5.95 Å². The first-order valence-corrected chi connectivity index (χ1v) is 8.19. The number of nitrogens with two attached hydrogens (primary N) is 1. The van der Waals surface area contributed by atoms with Gasteiger partial charge in [-0.2, -0.15) is 15.0 Å². The number of piperidine rings is 1. The van der Waals surface area contributed by atoms with Gasteiger partial charge in [0.25, 0.3) is 0 Å². The molecule has 6 nitrogen and oxygen atoms in total. The highest BCUT2D eigenvalue weighted by atomic mass is 15.2. The van der Waals surface area contributed by atoms with Crippen LogP contribution in [0, 0.1) is 5.92 Å². The van der Waals surface area contributed by atoms with Crippen LogP contribution in [0.15, 0.2) is 30.3 Å². The lowest BCUT2D eigenvalue weighted by molar-refractivity contribution is 0.142. The van der Waals surface area contributed by atoms with Crippen molar-refractivity contribution in [1.29, 1.82) is 0 Å². The molecule has 1 fully saturated rings. The molecule has 1 saturated heterocycles. The molecule has 2 heterocycles. The number of hydrogen-bond donors (Lipinski definition) is 2. The van der Waals surface area contributed by atoms with Gasteiger partial charge < -0.3 is 11.1 Å². The Bertz CT molecular complexity index is 637. The summed E-state index contributed by atoms with van der Waals surface area (Å²) in [6, 6.07) is 9.97. The quantitative estimate of drug-likeness (QED) is 0.903. The van der Waals surface area contributed by atoms with Crippen LogP contribution >= 0.6 is 0 Å². The van der Waals surface area contributed by atoms with Crippen molar-refractivity contribution in [3.05, 3.63) is 36.2 Å². The van der Waals surface area contributed by atoms with Gasteiger partial charge in [-0.25, -0.2) is 0 Å². The monoisotopic (exact) mass is 312 g/mol. The topological polar surface area (TPSA) is 80.0 Å². The molecule has 1 atom stereocenters. The van der Waals surface area contributed by atoms with Gasteiger partial charge in [0.1, 0.15) is 0 Å². The Morgan fingerprint density at radius 3 is 2.52 bits per heavy atom. The van der Waals surface area contributed by atoms with E-state index in [-0.39, 0.29) is 12.0 Å². The smallest absolute Gasteiger partial charge is 0.232 e. The van der Waals surface area contributed by atoms with Crippen molar-refractivity contribution in [2.24, 2.45) is 5.92 Å². The summed E-state index contributed by atoms with van der Waals surface area (Å²) in [7, 11) is 0. The number of benzene rings is 1. The van der Waals surface area contributed by atoms with E-state index in [1.165, 1.54) is 12.8 Å². The van der Waals surface area contributed by atoms with Crippen molar-refractivity contribution in [3.63, 3.8) is 0 Å². The van der Waals surface area contributed by atoms with Gasteiger partial charge in [-0.3, -0.25) is 4.90 Å². The maximum atomic E-state index is 5.88. The van der Waals surface area contributed by atoms with Crippen LogP contribution in [-0.4, -0.2) is 32.9 Å². The Morgan fingerprint density at radius 1 is 1.13 bits per heavy atom. The minimum atomic E-state index is 0.143. The Hall–Kier alpha value is -2.21. The van der Waals surface area contributed by atoms with Crippen molar-refractivity contribution in [2.45, 2.75) is 32.7 Å². The number of rotatable bonds is 4. The molecule has 0 radical (unpaired) electrons. The third kappa shape index (κ3) is 3.96. The van der Waals surface area contributed by atoms with Gasteiger partial charge in [0.2, 0.25) is 11.9 Å². The van der Waals surface area contributed by atoms with Crippen LogP contribution in [0.2, 0.25) is 0 Å². The maximum Gasteiger partial charge on any atom is 0.232 e. The van der Waals surface area contributed by atoms with Crippen LogP contribution in [0.4, 0.5) is 17.6 Å². The lowest BCUT2D eigenvalue weighted by atomic mass is 9.98. The first kappa shape index (κ1) is 15.7. The molecule has 0 bridgehead atoms. The summed E-state index contributed by atoms with van der Waals surface area (Å²) in [6.45, 7) is 6.60. The van der Waals surface area contributed by atoms with E-state index in [1.807, 2.05) is 30.3 Å². The predicted octanol–water partition coefficient (Wildman–Crippen LogP) is 2.99. The molecule has 3 rings (SSSR count). The lowest BCUT2D eigenvalue weighted by Gasteiger charge is -2.34. The number of nitrogens with one attached hydrogen (secondary N) is 1. The van der Waals surface area contributed by atoms with E-state index in [2.05, 4.69) is 39.0 Å². The zero-order valence-corrected chi connectivity index (χ0v) is 13.7. The molecule has 1 aromatic carbocycles. The van der Waals surface area contributed by atoms with Gasteiger partial charge in [0.05, 0.1) is 6.04 Å². The van der Waals surface area contributed by atoms with Crippen LogP contribution in [0.5, 0.6) is 0 Å². The van der Waals surface area contributed by atoms with Crippen molar-refractivity contribution in [1.82, 2.24) is 19.9 Å². The first-order valence-electron chi connectivity index (χ1n) is 8.19. The van der Waals surface area contributed by atoms with Crippen LogP contribution < -0.4 is 11.1 Å². The average Bonchev–Trinajstić information content (AvgIpc) is 2.55. The Balaban J connectivity index is 1.77. The second-order valence-corrected chi connectivity index (χ2v) is 6.26. The number of anilines is 3. The summed E-state index contributed by atoms with van der Waals surface area (Å²) in [4.78, 5) is 15.5. The number of para-hydroxylation sites is 1. The number of likely N-dealkylation sites (tertiary alicyclic amines) is 1. The minimum absolute atomic E-state index is 0.143. The van der Waals surface area contributed by atoms with E-state index in [4.69, 9.17) is 5.73 Å². The molecule has 1 aromatic heterocycles. The molecule has 3 N–H and O–H groups in total. The van der Waals surface area contributed by atoms with E-state index < -0.39 is 0 Å². The highest BCUT2D eigenvalue weighted by Gasteiger charge is 2.23. The van der Waals surface area contributed by atoms with Gasteiger partial charge in [0, 0.05) is 5.69 Å². The van der Waals surface area contributed by atoms with E-state index in [1.54, 1.807) is 0 Å². The first-order chi connectivity index (χ1) is 11.1. The van der Waals surface area contributed by atoms with Crippen molar-refractivity contribution >= 4 is 17.6 Å². The Labute approximate surface area is 137 Å². The van der Waals surface area contributed by atoms with E-state index in [9.17, 15) is 0 Å².